The molecule has 1 unspecified atom stereocenters. The summed E-state index contributed by atoms with van der Waals surface area (Å²) in [6.45, 7) is 0. The molecule has 0 bridgehead atoms. The summed E-state index contributed by atoms with van der Waals surface area (Å²) in [4.78, 5) is 4.28. The van der Waals surface area contributed by atoms with Crippen LogP contribution in [-0.2, 0) is 13.5 Å². The second-order valence-corrected chi connectivity index (χ2v) is 4.42. The third-order valence-electron chi connectivity index (χ3n) is 2.99. The maximum atomic E-state index is 10.0. The minimum absolute atomic E-state index is 0.333. The quantitative estimate of drug-likeness (QED) is 0.852. The molecule has 0 radical (unpaired) electrons. The molecular weight excluding hydrogens is 220 g/mol. The Hall–Kier alpha value is -1.69. The van der Waals surface area contributed by atoms with Crippen LogP contribution in [0.5, 0.6) is 0 Å². The molecule has 0 saturated heterocycles. The number of aliphatic hydroxyl groups excluding tert-OH is 1. The smallest absolute Gasteiger partial charge is 0.229 e. The summed E-state index contributed by atoms with van der Waals surface area (Å²) in [5.74, 6) is 1.74. The van der Waals surface area contributed by atoms with Crippen LogP contribution in [0.3, 0.4) is 0 Å². The molecule has 2 heterocycles. The van der Waals surface area contributed by atoms with Gasteiger partial charge in [-0.25, -0.2) is 0 Å². The summed E-state index contributed by atoms with van der Waals surface area (Å²) >= 11 is 0. The highest BCUT2D eigenvalue weighted by atomic mass is 16.5. The number of nitrogens with zero attached hydrogens (tertiary/aromatic N) is 4. The first-order chi connectivity index (χ1) is 8.24. The normalized spacial score (nSPS) is 17.3. The first-order valence-electron chi connectivity index (χ1n) is 5.72. The predicted octanol–water partition coefficient (Wildman–Crippen LogP) is 0.957. The van der Waals surface area contributed by atoms with Gasteiger partial charge in [0.1, 0.15) is 6.10 Å². The molecular formula is C11H14N4O2. The van der Waals surface area contributed by atoms with Crippen LogP contribution in [0.25, 0.3) is 0 Å². The number of hydrogen-bond donors (Lipinski definition) is 1. The van der Waals surface area contributed by atoms with Gasteiger partial charge >= 0.3 is 0 Å². The van der Waals surface area contributed by atoms with Crippen LogP contribution in [0.2, 0.25) is 0 Å². The lowest BCUT2D eigenvalue weighted by molar-refractivity contribution is 0.155. The van der Waals surface area contributed by atoms with Crippen molar-refractivity contribution in [2.45, 2.75) is 31.3 Å². The lowest BCUT2D eigenvalue weighted by Crippen LogP contribution is -2.08. The predicted molar refractivity (Wildman–Crippen MR) is 58.1 cm³/mol. The van der Waals surface area contributed by atoms with Gasteiger partial charge < -0.3 is 9.63 Å². The van der Waals surface area contributed by atoms with Crippen molar-refractivity contribution in [1.29, 1.82) is 0 Å². The van der Waals surface area contributed by atoms with Gasteiger partial charge in [0.2, 0.25) is 5.89 Å². The molecule has 90 valence electrons. The average molecular weight is 234 g/mol. The van der Waals surface area contributed by atoms with Gasteiger partial charge in [-0.3, -0.25) is 4.68 Å². The van der Waals surface area contributed by atoms with Crippen molar-refractivity contribution < 1.29 is 9.63 Å². The standard InChI is InChI=1S/C11H14N4O2/c1-15-8(4-5-12-15)9(16)6-10-13-11(14-17-10)7-2-3-7/h4-5,7,9,16H,2-3,6H2,1H3. The zero-order valence-electron chi connectivity index (χ0n) is 9.58. The van der Waals surface area contributed by atoms with Gasteiger partial charge in [-0.15, -0.1) is 0 Å². The number of rotatable bonds is 4. The molecule has 1 aliphatic rings. The average Bonchev–Trinajstić information content (AvgIpc) is 2.90. The molecule has 0 spiro atoms. The Morgan fingerprint density at radius 1 is 1.59 bits per heavy atom. The van der Waals surface area contributed by atoms with Crippen LogP contribution in [0.15, 0.2) is 16.8 Å². The van der Waals surface area contributed by atoms with Gasteiger partial charge in [0, 0.05) is 19.2 Å². The first kappa shape index (κ1) is 10.5. The molecule has 0 amide bonds. The fourth-order valence-corrected chi connectivity index (χ4v) is 1.84. The van der Waals surface area contributed by atoms with E-state index in [2.05, 4.69) is 15.2 Å². The number of aliphatic hydroxyl groups is 1. The largest absolute Gasteiger partial charge is 0.386 e. The summed E-state index contributed by atoms with van der Waals surface area (Å²) in [6.07, 6.45) is 3.61. The third-order valence-corrected chi connectivity index (χ3v) is 2.99. The van der Waals surface area contributed by atoms with Crippen molar-refractivity contribution in [2.24, 2.45) is 7.05 Å². The maximum absolute atomic E-state index is 10.0. The second kappa shape index (κ2) is 3.96. The van der Waals surface area contributed by atoms with E-state index >= 15 is 0 Å². The van der Waals surface area contributed by atoms with E-state index in [1.165, 1.54) is 0 Å². The highest BCUT2D eigenvalue weighted by Gasteiger charge is 2.29. The second-order valence-electron chi connectivity index (χ2n) is 4.42. The molecule has 0 aromatic carbocycles. The molecule has 2 aromatic heterocycles. The van der Waals surface area contributed by atoms with Crippen molar-refractivity contribution in [1.82, 2.24) is 19.9 Å². The van der Waals surface area contributed by atoms with E-state index in [-0.39, 0.29) is 0 Å². The van der Waals surface area contributed by atoms with E-state index in [0.29, 0.717) is 18.2 Å². The van der Waals surface area contributed by atoms with Crippen molar-refractivity contribution >= 4 is 0 Å². The van der Waals surface area contributed by atoms with Gasteiger partial charge in [0.25, 0.3) is 0 Å². The SMILES string of the molecule is Cn1nccc1C(O)Cc1nc(C2CC2)no1. The summed E-state index contributed by atoms with van der Waals surface area (Å²) < 4.78 is 6.77. The molecule has 1 aliphatic carbocycles. The Bertz CT molecular complexity index is 515. The van der Waals surface area contributed by atoms with Gasteiger partial charge in [-0.1, -0.05) is 5.16 Å². The molecule has 3 rings (SSSR count). The van der Waals surface area contributed by atoms with Crippen molar-refractivity contribution in [3.05, 3.63) is 29.7 Å². The Kier molecular flexibility index (Phi) is 2.44. The number of hydrogen-bond acceptors (Lipinski definition) is 5. The topological polar surface area (TPSA) is 77.0 Å². The molecule has 6 heteroatoms. The van der Waals surface area contributed by atoms with Crippen LogP contribution in [0.4, 0.5) is 0 Å². The van der Waals surface area contributed by atoms with Crippen LogP contribution in [-0.4, -0.2) is 25.0 Å². The van der Waals surface area contributed by atoms with E-state index in [1.807, 2.05) is 0 Å². The molecule has 1 atom stereocenters. The lowest BCUT2D eigenvalue weighted by Gasteiger charge is -2.07. The van der Waals surface area contributed by atoms with E-state index in [4.69, 9.17) is 4.52 Å². The van der Waals surface area contributed by atoms with Crippen molar-refractivity contribution in [2.75, 3.05) is 0 Å². The van der Waals surface area contributed by atoms with Gasteiger partial charge in [-0.05, 0) is 18.9 Å². The summed E-state index contributed by atoms with van der Waals surface area (Å²) in [7, 11) is 1.79. The van der Waals surface area contributed by atoms with Crippen molar-refractivity contribution in [3.8, 4) is 0 Å². The van der Waals surface area contributed by atoms with Crippen LogP contribution in [0.1, 0.15) is 42.3 Å². The Balaban J connectivity index is 1.71. The monoisotopic (exact) mass is 234 g/mol. The third kappa shape index (κ3) is 2.08. The van der Waals surface area contributed by atoms with E-state index < -0.39 is 6.10 Å². The van der Waals surface area contributed by atoms with Crippen LogP contribution >= 0.6 is 0 Å². The fourth-order valence-electron chi connectivity index (χ4n) is 1.84. The Morgan fingerprint density at radius 3 is 3.06 bits per heavy atom. The van der Waals surface area contributed by atoms with Crippen LogP contribution in [0, 0.1) is 0 Å². The Labute approximate surface area is 98.3 Å². The summed E-state index contributed by atoms with van der Waals surface area (Å²) in [5, 5.41) is 17.9. The Morgan fingerprint density at radius 2 is 2.41 bits per heavy atom. The van der Waals surface area contributed by atoms with Crippen LogP contribution < -0.4 is 0 Å². The highest BCUT2D eigenvalue weighted by Crippen LogP contribution is 2.38. The van der Waals surface area contributed by atoms with Gasteiger partial charge in [0.15, 0.2) is 5.82 Å². The molecule has 0 aliphatic heterocycles. The van der Waals surface area contributed by atoms with Crippen molar-refractivity contribution in [3.63, 3.8) is 0 Å². The number of aromatic nitrogens is 4. The fraction of sp³-hybridized carbons (Fsp3) is 0.545. The van der Waals surface area contributed by atoms with Gasteiger partial charge in [-0.2, -0.15) is 10.1 Å². The summed E-state index contributed by atoms with van der Waals surface area (Å²) in [5.41, 5.74) is 0.746. The molecule has 2 aromatic rings. The molecule has 1 N–H and O–H groups in total. The zero-order valence-corrected chi connectivity index (χ0v) is 9.58. The van der Waals surface area contributed by atoms with E-state index in [1.54, 1.807) is 24.0 Å². The molecule has 1 fully saturated rings. The highest BCUT2D eigenvalue weighted by molar-refractivity contribution is 5.08. The molecule has 6 nitrogen and oxygen atoms in total. The van der Waals surface area contributed by atoms with Gasteiger partial charge in [0.05, 0.1) is 12.1 Å². The molecule has 17 heavy (non-hydrogen) atoms. The lowest BCUT2D eigenvalue weighted by atomic mass is 10.2. The zero-order chi connectivity index (χ0) is 11.8. The van der Waals surface area contributed by atoms with E-state index in [0.717, 1.165) is 24.4 Å². The molecule has 1 saturated carbocycles. The number of aryl methyl sites for hydroxylation is 1. The minimum Gasteiger partial charge on any atom is -0.386 e. The maximum Gasteiger partial charge on any atom is 0.229 e. The minimum atomic E-state index is -0.657. The van der Waals surface area contributed by atoms with E-state index in [9.17, 15) is 5.11 Å². The summed E-state index contributed by atoms with van der Waals surface area (Å²) in [6, 6.07) is 1.78. The first-order valence-corrected chi connectivity index (χ1v) is 5.72.